The number of aliphatic imine (C=N–C) groups is 1. The van der Waals surface area contributed by atoms with Gasteiger partial charge in [-0.15, -0.1) is 23.2 Å². The summed E-state index contributed by atoms with van der Waals surface area (Å²) in [6.45, 7) is 0.409. The molecule has 86 valence electrons. The Morgan fingerprint density at radius 3 is 2.19 bits per heavy atom. The SMILES string of the molecule is ClC(Cl)=NCC1(c2ccccc2)CC1(Cl)Cl. The molecule has 16 heavy (non-hydrogen) atoms. The van der Waals surface area contributed by atoms with Crippen LogP contribution in [0.3, 0.4) is 0 Å². The Kier molecular flexibility index (Phi) is 3.42. The molecule has 1 atom stereocenters. The van der Waals surface area contributed by atoms with E-state index in [9.17, 15) is 0 Å². The zero-order valence-electron chi connectivity index (χ0n) is 8.26. The average Bonchev–Trinajstić information content (AvgIpc) is 2.81. The van der Waals surface area contributed by atoms with Gasteiger partial charge in [0.15, 0.2) is 4.63 Å². The molecule has 0 amide bonds. The number of alkyl halides is 2. The van der Waals surface area contributed by atoms with Gasteiger partial charge in [0.2, 0.25) is 0 Å². The molecular formula is C11H9Cl4N. The van der Waals surface area contributed by atoms with Crippen molar-refractivity contribution in [1.29, 1.82) is 0 Å². The molecule has 1 unspecified atom stereocenters. The second-order valence-corrected chi connectivity index (χ2v) is 6.28. The van der Waals surface area contributed by atoms with Crippen LogP contribution in [0.5, 0.6) is 0 Å². The van der Waals surface area contributed by atoms with E-state index in [4.69, 9.17) is 46.4 Å². The highest BCUT2D eigenvalue weighted by atomic mass is 35.5. The summed E-state index contributed by atoms with van der Waals surface area (Å²) in [7, 11) is 0. The Labute approximate surface area is 114 Å². The first-order valence-electron chi connectivity index (χ1n) is 4.77. The van der Waals surface area contributed by atoms with Crippen molar-refractivity contribution in [1.82, 2.24) is 0 Å². The molecule has 1 nitrogen and oxygen atoms in total. The minimum Gasteiger partial charge on any atom is -0.262 e. The van der Waals surface area contributed by atoms with Crippen molar-refractivity contribution in [3.05, 3.63) is 35.9 Å². The van der Waals surface area contributed by atoms with E-state index in [-0.39, 0.29) is 10.0 Å². The maximum absolute atomic E-state index is 6.19. The van der Waals surface area contributed by atoms with Gasteiger partial charge in [0.1, 0.15) is 4.33 Å². The van der Waals surface area contributed by atoms with Gasteiger partial charge in [0, 0.05) is 0 Å². The summed E-state index contributed by atoms with van der Waals surface area (Å²) < 4.78 is -0.771. The summed E-state index contributed by atoms with van der Waals surface area (Å²) >= 11 is 23.4. The molecule has 0 bridgehead atoms. The topological polar surface area (TPSA) is 12.4 Å². The fourth-order valence-electron chi connectivity index (χ4n) is 1.86. The zero-order chi connectivity index (χ0) is 11.8. The maximum Gasteiger partial charge on any atom is 0.192 e. The molecule has 1 aromatic rings. The van der Waals surface area contributed by atoms with E-state index in [1.165, 1.54) is 0 Å². The van der Waals surface area contributed by atoms with Crippen LogP contribution in [0, 0.1) is 0 Å². The van der Waals surface area contributed by atoms with Crippen molar-refractivity contribution in [3.63, 3.8) is 0 Å². The van der Waals surface area contributed by atoms with Crippen LogP contribution in [0.2, 0.25) is 0 Å². The van der Waals surface area contributed by atoms with Crippen LogP contribution in [0.1, 0.15) is 12.0 Å². The van der Waals surface area contributed by atoms with Crippen molar-refractivity contribution in [2.45, 2.75) is 16.2 Å². The third-order valence-corrected chi connectivity index (χ3v) is 4.12. The fraction of sp³-hybridized carbons (Fsp3) is 0.364. The zero-order valence-corrected chi connectivity index (χ0v) is 11.3. The Bertz CT molecular complexity index is 411. The molecule has 0 aromatic heterocycles. The van der Waals surface area contributed by atoms with Gasteiger partial charge >= 0.3 is 0 Å². The van der Waals surface area contributed by atoms with Gasteiger partial charge in [-0.25, -0.2) is 0 Å². The van der Waals surface area contributed by atoms with Crippen LogP contribution in [-0.2, 0) is 5.41 Å². The molecule has 1 aliphatic rings. The molecule has 0 radical (unpaired) electrons. The van der Waals surface area contributed by atoms with Crippen LogP contribution >= 0.6 is 46.4 Å². The number of nitrogens with zero attached hydrogens (tertiary/aromatic N) is 1. The van der Waals surface area contributed by atoms with E-state index in [2.05, 4.69) is 4.99 Å². The van der Waals surface area contributed by atoms with Gasteiger partial charge in [0.25, 0.3) is 0 Å². The van der Waals surface area contributed by atoms with Crippen LogP contribution in [-0.4, -0.2) is 15.5 Å². The summed E-state index contributed by atoms with van der Waals surface area (Å²) in [5.41, 5.74) is 0.713. The lowest BCUT2D eigenvalue weighted by Crippen LogP contribution is -2.19. The van der Waals surface area contributed by atoms with E-state index >= 15 is 0 Å². The second kappa shape index (κ2) is 4.38. The molecule has 0 N–H and O–H groups in total. The molecule has 1 aromatic carbocycles. The Hall–Kier alpha value is 0.0500. The van der Waals surface area contributed by atoms with Gasteiger partial charge in [-0.05, 0) is 35.2 Å². The first-order valence-corrected chi connectivity index (χ1v) is 6.28. The van der Waals surface area contributed by atoms with Crippen molar-refractivity contribution in [3.8, 4) is 0 Å². The predicted octanol–water partition coefficient (Wildman–Crippen LogP) is 4.34. The fourth-order valence-corrected chi connectivity index (χ4v) is 2.78. The van der Waals surface area contributed by atoms with Crippen LogP contribution in [0.4, 0.5) is 0 Å². The highest BCUT2D eigenvalue weighted by molar-refractivity contribution is 6.95. The first kappa shape index (κ1) is 12.5. The standard InChI is InChI=1S/C11H9Cl4N/c12-9(13)16-7-10(6-11(10,14)15)8-4-2-1-3-5-8/h1-5H,6-7H2. The van der Waals surface area contributed by atoms with E-state index < -0.39 is 4.33 Å². The number of benzene rings is 1. The highest BCUT2D eigenvalue weighted by Gasteiger charge is 2.67. The smallest absolute Gasteiger partial charge is 0.192 e. The van der Waals surface area contributed by atoms with E-state index in [0.717, 1.165) is 5.56 Å². The normalized spacial score (nSPS) is 26.2. The summed E-state index contributed by atoms with van der Waals surface area (Å²) in [6, 6.07) is 9.83. The molecular weight excluding hydrogens is 288 g/mol. The van der Waals surface area contributed by atoms with Crippen molar-refractivity contribution < 1.29 is 0 Å². The molecule has 0 aliphatic heterocycles. The Balaban J connectivity index is 2.30. The number of rotatable bonds is 3. The minimum atomic E-state index is -0.777. The number of hydrogen-bond donors (Lipinski definition) is 0. The Morgan fingerprint density at radius 2 is 1.75 bits per heavy atom. The largest absolute Gasteiger partial charge is 0.262 e. The van der Waals surface area contributed by atoms with Crippen LogP contribution < -0.4 is 0 Å². The number of hydrogen-bond acceptors (Lipinski definition) is 1. The molecule has 1 fully saturated rings. The molecule has 0 heterocycles. The molecule has 2 rings (SSSR count). The average molecular weight is 297 g/mol. The van der Waals surface area contributed by atoms with Crippen LogP contribution in [0.25, 0.3) is 0 Å². The maximum atomic E-state index is 6.19. The van der Waals surface area contributed by atoms with Crippen LogP contribution in [0.15, 0.2) is 35.3 Å². The molecule has 5 heteroatoms. The molecule has 0 saturated heterocycles. The van der Waals surface area contributed by atoms with Crippen molar-refractivity contribution in [2.24, 2.45) is 4.99 Å². The number of halogens is 4. The lowest BCUT2D eigenvalue weighted by atomic mass is 9.96. The summed E-state index contributed by atoms with van der Waals surface area (Å²) in [4.78, 5) is 4.01. The third-order valence-electron chi connectivity index (χ3n) is 2.89. The monoisotopic (exact) mass is 295 g/mol. The summed E-state index contributed by atoms with van der Waals surface area (Å²) in [5.74, 6) is 0. The quantitative estimate of drug-likeness (QED) is 0.581. The van der Waals surface area contributed by atoms with Crippen molar-refractivity contribution >= 4 is 51.0 Å². The van der Waals surface area contributed by atoms with Gasteiger partial charge < -0.3 is 0 Å². The minimum absolute atomic E-state index is 0.00587. The first-order chi connectivity index (χ1) is 7.48. The van der Waals surface area contributed by atoms with Gasteiger partial charge in [-0.3, -0.25) is 4.99 Å². The predicted molar refractivity (Wildman–Crippen MR) is 71.2 cm³/mol. The molecule has 1 aliphatic carbocycles. The van der Waals surface area contributed by atoms with E-state index in [1.807, 2.05) is 30.3 Å². The van der Waals surface area contributed by atoms with Gasteiger partial charge in [-0.1, -0.05) is 30.3 Å². The highest BCUT2D eigenvalue weighted by Crippen LogP contribution is 2.64. The summed E-state index contributed by atoms with van der Waals surface area (Å²) in [6.07, 6.45) is 0.664. The van der Waals surface area contributed by atoms with Crippen molar-refractivity contribution in [2.75, 3.05) is 6.54 Å². The molecule has 1 saturated carbocycles. The lowest BCUT2D eigenvalue weighted by Gasteiger charge is -2.16. The second-order valence-electron chi connectivity index (χ2n) is 3.89. The van der Waals surface area contributed by atoms with E-state index in [0.29, 0.717) is 13.0 Å². The lowest BCUT2D eigenvalue weighted by molar-refractivity contribution is 0.698. The third kappa shape index (κ3) is 2.19. The Morgan fingerprint density at radius 1 is 1.19 bits per heavy atom. The summed E-state index contributed by atoms with van der Waals surface area (Å²) in [5, 5.41) is 0. The molecule has 0 spiro atoms. The van der Waals surface area contributed by atoms with Gasteiger partial charge in [0.05, 0.1) is 12.0 Å². The van der Waals surface area contributed by atoms with Gasteiger partial charge in [-0.2, -0.15) is 0 Å². The van der Waals surface area contributed by atoms with E-state index in [1.54, 1.807) is 0 Å².